The number of amides is 3. The van der Waals surface area contributed by atoms with Gasteiger partial charge in [0.2, 0.25) is 17.7 Å². The maximum Gasteiger partial charge on any atom is 0.328 e. The van der Waals surface area contributed by atoms with Crippen LogP contribution in [0.4, 0.5) is 0 Å². The molecule has 2 saturated carbocycles. The highest BCUT2D eigenvalue weighted by molar-refractivity contribution is 5.94. The Labute approximate surface area is 315 Å². The number of methoxy groups -OCH3 is 2. The number of rotatable bonds is 15. The van der Waals surface area contributed by atoms with E-state index < -0.39 is 65.7 Å². The second kappa shape index (κ2) is 18.2. The fraction of sp³-hybridized carbons (Fsp3) is 0.512. The Bertz CT molecular complexity index is 1810. The van der Waals surface area contributed by atoms with Gasteiger partial charge in [-0.05, 0) is 56.1 Å². The first-order valence-electron chi connectivity index (χ1n) is 18.9. The number of aromatic nitrogens is 1. The number of nitrogens with one attached hydrogen (secondary N) is 3. The van der Waals surface area contributed by atoms with Crippen LogP contribution in [0.3, 0.4) is 0 Å². The van der Waals surface area contributed by atoms with Crippen LogP contribution in [0.1, 0.15) is 72.1 Å². The molecule has 0 spiro atoms. The zero-order chi connectivity index (χ0) is 38.9. The van der Waals surface area contributed by atoms with Crippen LogP contribution in [0.2, 0.25) is 0 Å². The molecule has 6 atom stereocenters. The highest BCUT2D eigenvalue weighted by atomic mass is 16.5. The number of nitrogens with zero attached hydrogens (tertiary/aromatic N) is 1. The van der Waals surface area contributed by atoms with Crippen molar-refractivity contribution in [3.05, 3.63) is 54.6 Å². The summed E-state index contributed by atoms with van der Waals surface area (Å²) in [6, 6.07) is 13.9. The number of hydrogen-bond donors (Lipinski definition) is 4. The zero-order valence-electron chi connectivity index (χ0n) is 31.6. The molecule has 0 saturated heterocycles. The quantitative estimate of drug-likeness (QED) is 0.154. The normalized spacial score (nSPS) is 20.4. The maximum atomic E-state index is 14.2. The second-order valence-electron chi connectivity index (χ2n) is 14.6. The number of carbonyl (C=O) groups is 5. The molecule has 2 aromatic carbocycles. The van der Waals surface area contributed by atoms with E-state index in [2.05, 4.69) is 16.0 Å². The van der Waals surface area contributed by atoms with Crippen LogP contribution >= 0.6 is 0 Å². The minimum Gasteiger partial charge on any atom is -0.497 e. The molecule has 54 heavy (non-hydrogen) atoms. The molecule has 3 amide bonds. The molecule has 2 aliphatic carbocycles. The molecular formula is C41H52N4O9. The SMILES string of the molecule is CC[C@H](NC(=O)[C@@H]1C[C@H](Oc2cc(-c3ccccc3)nc3cc(OC)ccc23)C[C@@H]1C(=O)N[C@@H](C(=O)NC(C(=O)OC)C1CCCCC1)C(C)C)C(=O)O. The molecule has 0 radical (unpaired) electrons. The van der Waals surface area contributed by atoms with Gasteiger partial charge in [-0.25, -0.2) is 14.6 Å². The Morgan fingerprint density at radius 2 is 1.54 bits per heavy atom. The lowest BCUT2D eigenvalue weighted by atomic mass is 9.83. The Balaban J connectivity index is 1.42. The van der Waals surface area contributed by atoms with Gasteiger partial charge in [0.15, 0.2) is 0 Å². The Hall–Kier alpha value is -5.20. The van der Waals surface area contributed by atoms with Crippen LogP contribution in [-0.4, -0.2) is 78.2 Å². The first kappa shape index (κ1) is 40.0. The number of aliphatic carboxylic acids is 1. The van der Waals surface area contributed by atoms with Gasteiger partial charge in [-0.3, -0.25) is 14.4 Å². The zero-order valence-corrected chi connectivity index (χ0v) is 31.6. The molecule has 4 N–H and O–H groups in total. The third-order valence-electron chi connectivity index (χ3n) is 10.7. The van der Waals surface area contributed by atoms with Crippen molar-refractivity contribution in [3.8, 4) is 22.8 Å². The number of carboxylic acid groups (broad SMARTS) is 1. The van der Waals surface area contributed by atoms with E-state index >= 15 is 0 Å². The van der Waals surface area contributed by atoms with E-state index in [1.165, 1.54) is 7.11 Å². The van der Waals surface area contributed by atoms with Gasteiger partial charge < -0.3 is 35.3 Å². The van der Waals surface area contributed by atoms with Crippen molar-refractivity contribution in [2.75, 3.05) is 14.2 Å². The number of benzene rings is 2. The van der Waals surface area contributed by atoms with Gasteiger partial charge in [0.1, 0.15) is 35.7 Å². The van der Waals surface area contributed by atoms with E-state index in [0.29, 0.717) is 28.1 Å². The van der Waals surface area contributed by atoms with Gasteiger partial charge in [0.05, 0.1) is 37.3 Å². The molecule has 3 aromatic rings. The summed E-state index contributed by atoms with van der Waals surface area (Å²) in [5.74, 6) is -4.59. The number of ether oxygens (including phenoxy) is 3. The highest BCUT2D eigenvalue weighted by Gasteiger charge is 2.46. The second-order valence-corrected chi connectivity index (χ2v) is 14.6. The van der Waals surface area contributed by atoms with Gasteiger partial charge >= 0.3 is 11.9 Å². The Morgan fingerprint density at radius 1 is 0.870 bits per heavy atom. The minimum atomic E-state index is -1.18. The average Bonchev–Trinajstić information content (AvgIpc) is 3.61. The number of carboxylic acids is 1. The van der Waals surface area contributed by atoms with Crippen molar-refractivity contribution < 1.29 is 43.3 Å². The number of esters is 1. The standard InChI is InChI=1S/C41H52N4O9/c1-6-31(40(49)50)43-37(46)29-19-27(54-34-22-32(24-13-9-7-10-14-24)42-33-21-26(52-4)17-18-28(33)34)20-30(29)38(47)44-35(23(2)3)39(48)45-36(41(51)53-5)25-15-11-8-12-16-25/h7,9-10,13-14,17-18,21-23,25,27,29-31,35-36H,6,8,11-12,15-16,19-20H2,1-5H3,(H,43,46)(H,44,47)(H,45,48)(H,49,50)/t27-,29+,30-,31-,35+,36?/m0/s1. The molecule has 0 aliphatic heterocycles. The molecule has 13 nitrogen and oxygen atoms in total. The predicted octanol–water partition coefficient (Wildman–Crippen LogP) is 5.04. The van der Waals surface area contributed by atoms with Crippen molar-refractivity contribution >= 4 is 40.6 Å². The van der Waals surface area contributed by atoms with Crippen LogP contribution in [-0.2, 0) is 28.7 Å². The van der Waals surface area contributed by atoms with Crippen LogP contribution in [0, 0.1) is 23.7 Å². The third-order valence-corrected chi connectivity index (χ3v) is 10.7. The predicted molar refractivity (Wildman–Crippen MR) is 202 cm³/mol. The first-order valence-corrected chi connectivity index (χ1v) is 18.9. The van der Waals surface area contributed by atoms with Crippen molar-refractivity contribution in [3.63, 3.8) is 0 Å². The molecule has 2 fully saturated rings. The molecule has 2 aliphatic rings. The van der Waals surface area contributed by atoms with Crippen LogP contribution in [0.5, 0.6) is 11.5 Å². The summed E-state index contributed by atoms with van der Waals surface area (Å²) in [6.45, 7) is 5.23. The highest BCUT2D eigenvalue weighted by Crippen LogP contribution is 2.39. The Morgan fingerprint density at radius 3 is 2.13 bits per heavy atom. The molecular weight excluding hydrogens is 692 g/mol. The first-order chi connectivity index (χ1) is 25.9. The summed E-state index contributed by atoms with van der Waals surface area (Å²) >= 11 is 0. The van der Waals surface area contributed by atoms with Crippen molar-refractivity contribution in [1.29, 1.82) is 0 Å². The van der Waals surface area contributed by atoms with Gasteiger partial charge in [-0.15, -0.1) is 0 Å². The summed E-state index contributed by atoms with van der Waals surface area (Å²) in [6.07, 6.45) is 4.28. The number of carbonyl (C=O) groups excluding carboxylic acids is 4. The third kappa shape index (κ3) is 9.47. The largest absolute Gasteiger partial charge is 0.497 e. The lowest BCUT2D eigenvalue weighted by Crippen LogP contribution is -2.57. The van der Waals surface area contributed by atoms with Crippen LogP contribution in [0.25, 0.3) is 22.2 Å². The average molecular weight is 745 g/mol. The lowest BCUT2D eigenvalue weighted by molar-refractivity contribution is -0.147. The minimum absolute atomic E-state index is 0.0759. The van der Waals surface area contributed by atoms with Crippen LogP contribution in [0.15, 0.2) is 54.6 Å². The molecule has 1 heterocycles. The van der Waals surface area contributed by atoms with Crippen LogP contribution < -0.4 is 25.4 Å². The topological polar surface area (TPSA) is 182 Å². The number of fused-ring (bicyclic) bond motifs is 1. The molecule has 1 aromatic heterocycles. The van der Waals surface area contributed by atoms with E-state index in [1.54, 1.807) is 33.9 Å². The fourth-order valence-corrected chi connectivity index (χ4v) is 7.62. The number of pyridine rings is 1. The summed E-state index contributed by atoms with van der Waals surface area (Å²) in [5.41, 5.74) is 2.15. The molecule has 0 bridgehead atoms. The van der Waals surface area contributed by atoms with E-state index in [0.717, 1.165) is 37.7 Å². The van der Waals surface area contributed by atoms with E-state index in [4.69, 9.17) is 19.2 Å². The fourth-order valence-electron chi connectivity index (χ4n) is 7.62. The number of hydrogen-bond acceptors (Lipinski definition) is 9. The van der Waals surface area contributed by atoms with Gasteiger partial charge in [0, 0.05) is 23.1 Å². The Kier molecular flexibility index (Phi) is 13.5. The summed E-state index contributed by atoms with van der Waals surface area (Å²) in [5, 5.41) is 18.7. The smallest absolute Gasteiger partial charge is 0.328 e. The summed E-state index contributed by atoms with van der Waals surface area (Å²) in [7, 11) is 2.86. The van der Waals surface area contributed by atoms with Crippen molar-refractivity contribution in [2.24, 2.45) is 23.7 Å². The molecule has 290 valence electrons. The lowest BCUT2D eigenvalue weighted by Gasteiger charge is -2.31. The molecule has 5 rings (SSSR count). The summed E-state index contributed by atoms with van der Waals surface area (Å²) < 4.78 is 17.1. The molecule has 1 unspecified atom stereocenters. The van der Waals surface area contributed by atoms with Crippen molar-refractivity contribution in [2.45, 2.75) is 96.4 Å². The van der Waals surface area contributed by atoms with Gasteiger partial charge in [-0.1, -0.05) is 70.4 Å². The summed E-state index contributed by atoms with van der Waals surface area (Å²) in [4.78, 5) is 71.3. The van der Waals surface area contributed by atoms with E-state index in [9.17, 15) is 29.1 Å². The monoisotopic (exact) mass is 744 g/mol. The van der Waals surface area contributed by atoms with E-state index in [-0.39, 0.29) is 31.1 Å². The molecule has 13 heteroatoms. The van der Waals surface area contributed by atoms with Crippen molar-refractivity contribution in [1.82, 2.24) is 20.9 Å². The maximum absolute atomic E-state index is 14.2. The van der Waals surface area contributed by atoms with Gasteiger partial charge in [-0.2, -0.15) is 0 Å². The van der Waals surface area contributed by atoms with Gasteiger partial charge in [0.25, 0.3) is 0 Å². The van der Waals surface area contributed by atoms with E-state index in [1.807, 2.05) is 48.5 Å².